The van der Waals surface area contributed by atoms with Crippen molar-refractivity contribution in [2.24, 2.45) is 11.8 Å². The van der Waals surface area contributed by atoms with Gasteiger partial charge in [-0.3, -0.25) is 0 Å². The third kappa shape index (κ3) is 4.11. The minimum Gasteiger partial charge on any atom is -0.391 e. The predicted octanol–water partition coefficient (Wildman–Crippen LogP) is 0.331. The number of halogens is 1. The van der Waals surface area contributed by atoms with Crippen molar-refractivity contribution in [3.63, 3.8) is 0 Å². The van der Waals surface area contributed by atoms with Crippen molar-refractivity contribution in [1.29, 1.82) is 0 Å². The first-order valence-electron chi connectivity index (χ1n) is 5.53. The van der Waals surface area contributed by atoms with Gasteiger partial charge < -0.3 is 15.7 Å². The lowest BCUT2D eigenvalue weighted by molar-refractivity contribution is 0.146. The van der Waals surface area contributed by atoms with Crippen molar-refractivity contribution in [3.8, 4) is 0 Å². The first kappa shape index (κ1) is 13.6. The molecular weight excluding hydrogens is 232 g/mol. The van der Waals surface area contributed by atoms with E-state index in [4.69, 9.17) is 0 Å². The van der Waals surface area contributed by atoms with Crippen LogP contribution >= 0.6 is 24.2 Å². The van der Waals surface area contributed by atoms with E-state index < -0.39 is 0 Å². The minimum atomic E-state index is -0.138. The number of aliphatic hydroxyl groups excluding tert-OH is 1. The topological polar surface area (TPSA) is 44.3 Å². The molecule has 2 aliphatic heterocycles. The molecule has 0 spiro atoms. The molecule has 2 saturated heterocycles. The predicted molar refractivity (Wildman–Crippen MR) is 67.9 cm³/mol. The summed E-state index contributed by atoms with van der Waals surface area (Å²) in [7, 11) is 0. The molecule has 0 saturated carbocycles. The molecule has 5 heteroatoms. The fourth-order valence-corrected chi connectivity index (χ4v) is 3.43. The summed E-state index contributed by atoms with van der Waals surface area (Å²) in [6.45, 7) is 3.84. The molecule has 0 bridgehead atoms. The van der Waals surface area contributed by atoms with Crippen LogP contribution in [0, 0.1) is 11.8 Å². The molecule has 3 nitrogen and oxygen atoms in total. The smallest absolute Gasteiger partial charge is 0.0716 e. The fourth-order valence-electron chi connectivity index (χ4n) is 2.14. The molecule has 0 aromatic carbocycles. The zero-order valence-corrected chi connectivity index (χ0v) is 10.6. The third-order valence-electron chi connectivity index (χ3n) is 3.17. The van der Waals surface area contributed by atoms with Gasteiger partial charge in [-0.25, -0.2) is 0 Å². The van der Waals surface area contributed by atoms with E-state index in [1.165, 1.54) is 17.9 Å². The monoisotopic (exact) mass is 252 g/mol. The molecule has 3 atom stereocenters. The quantitative estimate of drug-likeness (QED) is 0.675. The van der Waals surface area contributed by atoms with Crippen LogP contribution in [0.3, 0.4) is 0 Å². The highest BCUT2D eigenvalue weighted by atomic mass is 35.5. The number of aliphatic hydroxyl groups is 1. The van der Waals surface area contributed by atoms with Crippen LogP contribution < -0.4 is 10.6 Å². The SMILES string of the molecule is Cl.OC1CNCC1CNCC1CCSC1. The van der Waals surface area contributed by atoms with Gasteiger partial charge in [0, 0.05) is 25.6 Å². The van der Waals surface area contributed by atoms with Gasteiger partial charge in [-0.1, -0.05) is 0 Å². The Morgan fingerprint density at radius 2 is 2.20 bits per heavy atom. The van der Waals surface area contributed by atoms with E-state index >= 15 is 0 Å². The molecular formula is C10H21ClN2OS. The number of hydrogen-bond donors (Lipinski definition) is 3. The first-order valence-corrected chi connectivity index (χ1v) is 6.69. The Kier molecular flexibility index (Phi) is 6.31. The Morgan fingerprint density at radius 1 is 1.33 bits per heavy atom. The Balaban J connectivity index is 0.00000112. The molecule has 2 fully saturated rings. The molecule has 0 radical (unpaired) electrons. The van der Waals surface area contributed by atoms with Gasteiger partial charge >= 0.3 is 0 Å². The van der Waals surface area contributed by atoms with Crippen molar-refractivity contribution in [2.45, 2.75) is 12.5 Å². The van der Waals surface area contributed by atoms with Crippen LogP contribution in [0.1, 0.15) is 6.42 Å². The van der Waals surface area contributed by atoms with E-state index in [1.807, 2.05) is 0 Å². The van der Waals surface area contributed by atoms with E-state index in [0.717, 1.165) is 32.1 Å². The Hall–Kier alpha value is 0.520. The van der Waals surface area contributed by atoms with E-state index in [-0.39, 0.29) is 18.5 Å². The molecule has 2 aliphatic rings. The van der Waals surface area contributed by atoms with Crippen LogP contribution in [-0.2, 0) is 0 Å². The van der Waals surface area contributed by atoms with Gasteiger partial charge in [-0.05, 0) is 30.4 Å². The maximum Gasteiger partial charge on any atom is 0.0716 e. The maximum absolute atomic E-state index is 9.57. The molecule has 3 unspecified atom stereocenters. The van der Waals surface area contributed by atoms with Crippen molar-refractivity contribution in [3.05, 3.63) is 0 Å². The average Bonchev–Trinajstić information content (AvgIpc) is 2.78. The van der Waals surface area contributed by atoms with Crippen LogP contribution in [0.4, 0.5) is 0 Å². The van der Waals surface area contributed by atoms with E-state index in [9.17, 15) is 5.11 Å². The zero-order valence-electron chi connectivity index (χ0n) is 8.95. The van der Waals surface area contributed by atoms with Crippen molar-refractivity contribution < 1.29 is 5.11 Å². The lowest BCUT2D eigenvalue weighted by Gasteiger charge is -2.16. The summed E-state index contributed by atoms with van der Waals surface area (Å²) in [5, 5.41) is 16.3. The van der Waals surface area contributed by atoms with Crippen LogP contribution in [0.5, 0.6) is 0 Å². The zero-order chi connectivity index (χ0) is 9.80. The second-order valence-electron chi connectivity index (χ2n) is 4.37. The van der Waals surface area contributed by atoms with Crippen molar-refractivity contribution in [2.75, 3.05) is 37.7 Å². The summed E-state index contributed by atoms with van der Waals surface area (Å²) in [5.74, 6) is 3.94. The normalized spacial score (nSPS) is 35.4. The van der Waals surface area contributed by atoms with Gasteiger partial charge in [0.2, 0.25) is 0 Å². The highest BCUT2D eigenvalue weighted by molar-refractivity contribution is 7.99. The van der Waals surface area contributed by atoms with Crippen LogP contribution in [0.15, 0.2) is 0 Å². The largest absolute Gasteiger partial charge is 0.391 e. The second kappa shape index (κ2) is 6.97. The number of rotatable bonds is 4. The highest BCUT2D eigenvalue weighted by Gasteiger charge is 2.24. The van der Waals surface area contributed by atoms with Crippen molar-refractivity contribution >= 4 is 24.2 Å². The molecule has 2 rings (SSSR count). The maximum atomic E-state index is 9.57. The van der Waals surface area contributed by atoms with Crippen LogP contribution in [-0.4, -0.2) is 48.9 Å². The van der Waals surface area contributed by atoms with Gasteiger partial charge in [-0.2, -0.15) is 11.8 Å². The number of nitrogens with one attached hydrogen (secondary N) is 2. The van der Waals surface area contributed by atoms with Gasteiger partial charge in [0.1, 0.15) is 0 Å². The Labute approximate surface area is 102 Å². The summed E-state index contributed by atoms with van der Waals surface area (Å²) >= 11 is 2.06. The Morgan fingerprint density at radius 3 is 2.80 bits per heavy atom. The molecule has 0 amide bonds. The standard InChI is InChI=1S/C10H20N2OS.ClH/c13-10-6-12-5-9(10)4-11-3-8-1-2-14-7-8;/h8-13H,1-7H2;1H. The third-order valence-corrected chi connectivity index (χ3v) is 4.40. The Bertz CT molecular complexity index is 179. The van der Waals surface area contributed by atoms with Gasteiger partial charge in [0.05, 0.1) is 6.10 Å². The summed E-state index contributed by atoms with van der Waals surface area (Å²) in [6, 6.07) is 0. The number of thioether (sulfide) groups is 1. The molecule has 0 aromatic rings. The van der Waals surface area contributed by atoms with E-state index in [0.29, 0.717) is 5.92 Å². The summed E-state index contributed by atoms with van der Waals surface area (Å²) in [5.41, 5.74) is 0. The summed E-state index contributed by atoms with van der Waals surface area (Å²) in [6.07, 6.45) is 1.23. The molecule has 3 N–H and O–H groups in total. The van der Waals surface area contributed by atoms with Gasteiger partial charge in [-0.15, -0.1) is 12.4 Å². The minimum absolute atomic E-state index is 0. The molecule has 0 aliphatic carbocycles. The molecule has 90 valence electrons. The second-order valence-corrected chi connectivity index (χ2v) is 5.52. The molecule has 0 aromatic heterocycles. The molecule has 15 heavy (non-hydrogen) atoms. The lowest BCUT2D eigenvalue weighted by Crippen LogP contribution is -2.33. The first-order chi connectivity index (χ1) is 6.86. The van der Waals surface area contributed by atoms with Gasteiger partial charge in [0.15, 0.2) is 0 Å². The molecule has 2 heterocycles. The average molecular weight is 253 g/mol. The van der Waals surface area contributed by atoms with Crippen molar-refractivity contribution in [1.82, 2.24) is 10.6 Å². The summed E-state index contributed by atoms with van der Waals surface area (Å²) < 4.78 is 0. The van der Waals surface area contributed by atoms with Crippen LogP contribution in [0.25, 0.3) is 0 Å². The fraction of sp³-hybridized carbons (Fsp3) is 1.00. The van der Waals surface area contributed by atoms with Gasteiger partial charge in [0.25, 0.3) is 0 Å². The number of hydrogen-bond acceptors (Lipinski definition) is 4. The number of β-amino-alcohol motifs (C(OH)–C–C–N with tert-alkyl or cyclic N) is 1. The highest BCUT2D eigenvalue weighted by Crippen LogP contribution is 2.22. The van der Waals surface area contributed by atoms with E-state index in [2.05, 4.69) is 22.4 Å². The van der Waals surface area contributed by atoms with E-state index in [1.54, 1.807) is 0 Å². The van der Waals surface area contributed by atoms with Crippen LogP contribution in [0.2, 0.25) is 0 Å². The summed E-state index contributed by atoms with van der Waals surface area (Å²) in [4.78, 5) is 0. The lowest BCUT2D eigenvalue weighted by atomic mass is 10.1.